The van der Waals surface area contributed by atoms with Crippen LogP contribution < -0.4 is 25.4 Å². The summed E-state index contributed by atoms with van der Waals surface area (Å²) in [7, 11) is 1.58. The van der Waals surface area contributed by atoms with Crippen LogP contribution in [-0.2, 0) is 23.9 Å². The van der Waals surface area contributed by atoms with Gasteiger partial charge in [0, 0.05) is 36.4 Å². The van der Waals surface area contributed by atoms with Crippen molar-refractivity contribution >= 4 is 62.8 Å². The molecule has 3 amide bonds. The van der Waals surface area contributed by atoms with E-state index in [0.29, 0.717) is 64.3 Å². The Morgan fingerprint density at radius 1 is 1.05 bits per heavy atom. The number of pyridine rings is 1. The van der Waals surface area contributed by atoms with Gasteiger partial charge in [0.1, 0.15) is 58.7 Å². The molecule has 0 bridgehead atoms. The lowest BCUT2D eigenvalue weighted by molar-refractivity contribution is -0.146. The number of hydrogen-bond donors (Lipinski definition) is 4. The van der Waals surface area contributed by atoms with Gasteiger partial charge in [0.05, 0.1) is 24.4 Å². The average Bonchev–Trinajstić information content (AvgIpc) is 3.77. The fraction of sp³-hybridized carbons (Fsp3) is 0.628. The second-order valence-corrected chi connectivity index (χ2v) is 19.7. The largest absolute Gasteiger partial charge is 0.490 e. The molecule has 1 aromatic carbocycles. The molecule has 60 heavy (non-hydrogen) atoms. The van der Waals surface area contributed by atoms with Gasteiger partial charge in [0.15, 0.2) is 5.13 Å². The van der Waals surface area contributed by atoms with Crippen LogP contribution >= 0.6 is 22.9 Å². The Kier molecular flexibility index (Phi) is 12.2. The number of carboxylic acids is 1. The first-order valence-corrected chi connectivity index (χ1v) is 22.1. The van der Waals surface area contributed by atoms with Gasteiger partial charge in [-0.2, -0.15) is 0 Å². The molecule has 1 saturated heterocycles. The number of fused-ring (bicyclic) bond motifs is 2. The minimum Gasteiger partial charge on any atom is -0.490 e. The van der Waals surface area contributed by atoms with Crippen molar-refractivity contribution < 1.29 is 43.2 Å². The van der Waals surface area contributed by atoms with E-state index in [0.717, 1.165) is 19.3 Å². The van der Waals surface area contributed by atoms with E-state index >= 15 is 0 Å². The minimum absolute atomic E-state index is 0.0373. The normalized spacial score (nSPS) is 27.3. The molecule has 7 rings (SSSR count). The molecule has 4 fully saturated rings. The molecular weight excluding hydrogens is 812 g/mol. The molecule has 15 nitrogen and oxygen atoms in total. The predicted octanol–water partition coefficient (Wildman–Crippen LogP) is 6.90. The second-order valence-electron chi connectivity index (χ2n) is 18.5. The van der Waals surface area contributed by atoms with Crippen LogP contribution in [0.4, 0.5) is 9.93 Å². The lowest BCUT2D eigenvalue weighted by Gasteiger charge is -2.35. The third-order valence-electron chi connectivity index (χ3n) is 12.5. The van der Waals surface area contributed by atoms with Gasteiger partial charge in [-0.3, -0.25) is 9.59 Å². The molecular formula is C43H57ClN6O9S. The fourth-order valence-corrected chi connectivity index (χ4v) is 10.0. The number of alkyl carbamates (subject to hydrolysis) is 1. The molecule has 3 aliphatic carbocycles. The number of halogens is 1. The Labute approximate surface area is 359 Å². The number of carboxylic acid groups (broad SMARTS) is 1. The first kappa shape index (κ1) is 43.7. The highest BCUT2D eigenvalue weighted by atomic mass is 35.5. The second kappa shape index (κ2) is 16.8. The molecule has 3 saturated carbocycles. The first-order chi connectivity index (χ1) is 28.3. The summed E-state index contributed by atoms with van der Waals surface area (Å²) in [6, 6.07) is 3.24. The highest BCUT2D eigenvalue weighted by Crippen LogP contribution is 2.63. The van der Waals surface area contributed by atoms with Crippen LogP contribution in [0.25, 0.3) is 22.3 Å². The standard InChI is InChI=1S/C43H57ClN6O9S/c1-9-23-18-43(23,38(53)54)49-36(51)30-15-26(20-50(30)37(52)35(41(4,5)6)48-40(55)59-25-14-24-17-42(24,7)19-25)58-32-16-28(29-21-60-39(47-29)45-22(2)3)46-34-27(32)10-11-31(33(34)44)57-13-12-56-8/h10-11,16,21-26,30,35H,9,12-15,17-20H2,1-8H3,(H,45,47)(H,48,55)(H,49,51)(H,53,54)/t23-,24+,25+,26?,30+,35-,42?,43-/m1/s1. The zero-order valence-electron chi connectivity index (χ0n) is 35.6. The molecule has 2 aromatic heterocycles. The topological polar surface area (TPSA) is 191 Å². The van der Waals surface area contributed by atoms with Crippen LogP contribution in [0, 0.1) is 22.7 Å². The summed E-state index contributed by atoms with van der Waals surface area (Å²) in [5.74, 6) is -1.13. The van der Waals surface area contributed by atoms with Crippen LogP contribution in [-0.4, -0.2) is 107 Å². The van der Waals surface area contributed by atoms with Crippen molar-refractivity contribution in [2.45, 2.75) is 123 Å². The Bertz CT molecular complexity index is 2140. The van der Waals surface area contributed by atoms with E-state index in [1.807, 2.05) is 46.9 Å². The maximum Gasteiger partial charge on any atom is 0.408 e. The predicted molar refractivity (Wildman–Crippen MR) is 228 cm³/mol. The van der Waals surface area contributed by atoms with Crippen LogP contribution in [0.2, 0.25) is 5.02 Å². The summed E-state index contributed by atoms with van der Waals surface area (Å²) in [6.07, 6.45) is 1.96. The van der Waals surface area contributed by atoms with Gasteiger partial charge in [-0.05, 0) is 74.3 Å². The van der Waals surface area contributed by atoms with Crippen LogP contribution in [0.1, 0.15) is 87.0 Å². The van der Waals surface area contributed by atoms with Crippen LogP contribution in [0.15, 0.2) is 23.6 Å². The number of hydrogen-bond acceptors (Lipinski definition) is 12. The smallest absolute Gasteiger partial charge is 0.408 e. The van der Waals surface area contributed by atoms with Crippen molar-refractivity contribution in [3.8, 4) is 22.9 Å². The summed E-state index contributed by atoms with van der Waals surface area (Å²) < 4.78 is 23.7. The maximum absolute atomic E-state index is 14.8. The van der Waals surface area contributed by atoms with E-state index in [-0.39, 0.29) is 48.1 Å². The number of rotatable bonds is 16. The van der Waals surface area contributed by atoms with E-state index in [1.54, 1.807) is 25.3 Å². The Morgan fingerprint density at radius 3 is 2.45 bits per heavy atom. The lowest BCUT2D eigenvalue weighted by Crippen LogP contribution is -2.59. The minimum atomic E-state index is -1.42. The molecule has 3 aromatic rings. The van der Waals surface area contributed by atoms with Gasteiger partial charge in [0.2, 0.25) is 11.8 Å². The van der Waals surface area contributed by atoms with Crippen molar-refractivity contribution in [3.63, 3.8) is 0 Å². The number of methoxy groups -OCH3 is 1. The molecule has 8 atom stereocenters. The highest BCUT2D eigenvalue weighted by molar-refractivity contribution is 7.14. The Hall–Kier alpha value is -4.41. The zero-order chi connectivity index (χ0) is 43.3. The number of benzene rings is 1. The van der Waals surface area contributed by atoms with E-state index in [9.17, 15) is 24.3 Å². The van der Waals surface area contributed by atoms with E-state index in [4.69, 9.17) is 40.5 Å². The molecule has 4 N–H and O–H groups in total. The quantitative estimate of drug-likeness (QED) is 0.109. The monoisotopic (exact) mass is 868 g/mol. The summed E-state index contributed by atoms with van der Waals surface area (Å²) in [5.41, 5.74) is -0.539. The third kappa shape index (κ3) is 8.96. The van der Waals surface area contributed by atoms with Crippen molar-refractivity contribution in [2.24, 2.45) is 22.7 Å². The Morgan fingerprint density at radius 2 is 1.82 bits per heavy atom. The molecule has 3 heterocycles. The van der Waals surface area contributed by atoms with Crippen LogP contribution in [0.3, 0.4) is 0 Å². The van der Waals surface area contributed by atoms with Crippen molar-refractivity contribution in [3.05, 3.63) is 28.6 Å². The van der Waals surface area contributed by atoms with Crippen LogP contribution in [0.5, 0.6) is 11.5 Å². The van der Waals surface area contributed by atoms with Gasteiger partial charge >= 0.3 is 12.1 Å². The third-order valence-corrected chi connectivity index (χ3v) is 13.6. The number of aromatic nitrogens is 2. The summed E-state index contributed by atoms with van der Waals surface area (Å²) >= 11 is 8.40. The number of nitrogens with zero attached hydrogens (tertiary/aromatic N) is 3. The zero-order valence-corrected chi connectivity index (χ0v) is 37.1. The fourth-order valence-electron chi connectivity index (χ4n) is 8.89. The summed E-state index contributed by atoms with van der Waals surface area (Å²) in [4.78, 5) is 66.1. The number of ether oxygens (including phenoxy) is 4. The molecule has 4 aliphatic rings. The average molecular weight is 869 g/mol. The van der Waals surface area contributed by atoms with Crippen molar-refractivity contribution in [1.29, 1.82) is 0 Å². The highest BCUT2D eigenvalue weighted by Gasteiger charge is 2.62. The number of carbonyl (C=O) groups is 4. The molecule has 2 unspecified atom stereocenters. The number of carbonyl (C=O) groups excluding carboxylic acids is 3. The molecule has 0 spiro atoms. The number of likely N-dealkylation sites (tertiary alicyclic amines) is 1. The van der Waals surface area contributed by atoms with Gasteiger partial charge in [-0.25, -0.2) is 19.6 Å². The van der Waals surface area contributed by atoms with Gasteiger partial charge in [-0.15, -0.1) is 11.3 Å². The lowest BCUT2D eigenvalue weighted by atomic mass is 9.85. The number of thiazole rings is 1. The van der Waals surface area contributed by atoms with E-state index in [2.05, 4.69) is 22.9 Å². The SMILES string of the molecule is CC[C@@H]1C[C@]1(NC(=O)[C@@H]1CC(Oc2cc(-c3csc(NC(C)C)n3)nc3c(Cl)c(OCCOC)ccc23)CN1C(=O)[C@@H](NC(=O)O[C@H]1C[C@H]2CC2(C)C1)C(C)(C)C)C(=O)O. The van der Waals surface area contributed by atoms with Gasteiger partial charge < -0.3 is 44.9 Å². The number of amides is 3. The first-order valence-electron chi connectivity index (χ1n) is 20.8. The van der Waals surface area contributed by atoms with E-state index in [1.165, 1.54) is 16.2 Å². The molecule has 0 radical (unpaired) electrons. The Balaban J connectivity index is 1.20. The summed E-state index contributed by atoms with van der Waals surface area (Å²) in [6.45, 7) is 14.2. The molecule has 326 valence electrons. The maximum atomic E-state index is 14.8. The number of anilines is 1. The van der Waals surface area contributed by atoms with Crippen molar-refractivity contribution in [2.75, 3.05) is 32.2 Å². The summed E-state index contributed by atoms with van der Waals surface area (Å²) in [5, 5.41) is 22.6. The van der Waals surface area contributed by atoms with Gasteiger partial charge in [0.25, 0.3) is 0 Å². The van der Waals surface area contributed by atoms with Gasteiger partial charge in [-0.1, -0.05) is 52.6 Å². The van der Waals surface area contributed by atoms with Crippen molar-refractivity contribution in [1.82, 2.24) is 25.5 Å². The number of aliphatic carboxylic acids is 1. The molecule has 17 heteroatoms. The molecule has 1 aliphatic heterocycles. The van der Waals surface area contributed by atoms with E-state index < -0.39 is 53.0 Å². The number of nitrogens with one attached hydrogen (secondary N) is 3.